The zero-order chi connectivity index (χ0) is 18.3. The SMILES string of the molecule is Nc1ncc(-c2cc(N3CC(CO)C3)nc(C3CC3)n2)cc1OC(F)F. The summed E-state index contributed by atoms with van der Waals surface area (Å²) in [4.78, 5) is 15.2. The van der Waals surface area contributed by atoms with Gasteiger partial charge in [0.2, 0.25) is 0 Å². The molecule has 1 saturated heterocycles. The van der Waals surface area contributed by atoms with Gasteiger partial charge in [0.05, 0.1) is 5.69 Å². The Morgan fingerprint density at radius 3 is 2.69 bits per heavy atom. The number of pyridine rings is 1. The van der Waals surface area contributed by atoms with Crippen LogP contribution in [0.3, 0.4) is 0 Å². The Kier molecular flexibility index (Phi) is 4.31. The van der Waals surface area contributed by atoms with Gasteiger partial charge in [0, 0.05) is 49.4 Å². The molecule has 9 heteroatoms. The number of aliphatic hydroxyl groups is 1. The lowest BCUT2D eigenvalue weighted by molar-refractivity contribution is -0.0494. The molecule has 2 aromatic rings. The molecular formula is C17H19F2N5O2. The summed E-state index contributed by atoms with van der Waals surface area (Å²) < 4.78 is 29.5. The molecule has 0 spiro atoms. The average molecular weight is 363 g/mol. The third kappa shape index (κ3) is 3.39. The number of nitrogen functional groups attached to an aromatic ring is 1. The fraction of sp³-hybridized carbons (Fsp3) is 0.471. The molecule has 3 N–H and O–H groups in total. The van der Waals surface area contributed by atoms with Crippen molar-refractivity contribution in [1.82, 2.24) is 15.0 Å². The van der Waals surface area contributed by atoms with E-state index in [1.54, 1.807) is 6.07 Å². The standard InChI is InChI=1S/C17H19F2N5O2/c18-17(19)26-13-3-11(5-21-15(13)20)12-4-14(24-6-9(7-24)8-25)23-16(22-12)10-1-2-10/h3-5,9-10,17,25H,1-2,6-8H2,(H2,20,21). The number of aromatic nitrogens is 3. The van der Waals surface area contributed by atoms with Gasteiger partial charge in [-0.15, -0.1) is 0 Å². The summed E-state index contributed by atoms with van der Waals surface area (Å²) in [5, 5.41) is 9.21. The van der Waals surface area contributed by atoms with Gasteiger partial charge in [-0.2, -0.15) is 8.78 Å². The number of nitrogens with two attached hydrogens (primary N) is 1. The van der Waals surface area contributed by atoms with Gasteiger partial charge >= 0.3 is 6.61 Å². The van der Waals surface area contributed by atoms with Crippen LogP contribution in [0.5, 0.6) is 5.75 Å². The minimum atomic E-state index is -2.98. The van der Waals surface area contributed by atoms with Gasteiger partial charge in [-0.25, -0.2) is 15.0 Å². The zero-order valence-corrected chi connectivity index (χ0v) is 14.0. The van der Waals surface area contributed by atoms with Crippen molar-refractivity contribution in [2.75, 3.05) is 30.3 Å². The second-order valence-electron chi connectivity index (χ2n) is 6.68. The van der Waals surface area contributed by atoms with Crippen molar-refractivity contribution in [1.29, 1.82) is 0 Å². The highest BCUT2D eigenvalue weighted by Gasteiger charge is 2.31. The van der Waals surface area contributed by atoms with Gasteiger partial charge in [0.15, 0.2) is 11.6 Å². The molecule has 3 heterocycles. The molecule has 138 valence electrons. The Balaban J connectivity index is 1.68. The summed E-state index contributed by atoms with van der Waals surface area (Å²) >= 11 is 0. The van der Waals surface area contributed by atoms with Crippen molar-refractivity contribution in [2.45, 2.75) is 25.4 Å². The monoisotopic (exact) mass is 363 g/mol. The van der Waals surface area contributed by atoms with Gasteiger partial charge in [-0.05, 0) is 18.9 Å². The number of rotatable bonds is 6. The number of halogens is 2. The average Bonchev–Trinajstić information content (AvgIpc) is 3.40. The molecule has 0 unspecified atom stereocenters. The third-order valence-corrected chi connectivity index (χ3v) is 4.61. The maximum Gasteiger partial charge on any atom is 0.387 e. The first kappa shape index (κ1) is 16.9. The van der Waals surface area contributed by atoms with Crippen molar-refractivity contribution in [2.24, 2.45) is 5.92 Å². The van der Waals surface area contributed by atoms with Crippen LogP contribution in [0.4, 0.5) is 20.4 Å². The summed E-state index contributed by atoms with van der Waals surface area (Å²) in [7, 11) is 0. The van der Waals surface area contributed by atoms with E-state index in [0.29, 0.717) is 17.2 Å². The van der Waals surface area contributed by atoms with Crippen LogP contribution in [0.25, 0.3) is 11.3 Å². The number of hydrogen-bond donors (Lipinski definition) is 2. The Morgan fingerprint density at radius 2 is 2.04 bits per heavy atom. The van der Waals surface area contributed by atoms with Crippen LogP contribution in [0, 0.1) is 5.92 Å². The molecule has 1 aliphatic heterocycles. The molecule has 0 amide bonds. The second kappa shape index (κ2) is 6.64. The van der Waals surface area contributed by atoms with Crippen LogP contribution in [0.2, 0.25) is 0 Å². The van der Waals surface area contributed by atoms with E-state index in [4.69, 9.17) is 5.73 Å². The minimum Gasteiger partial charge on any atom is -0.431 e. The molecule has 0 aromatic carbocycles. The lowest BCUT2D eigenvalue weighted by Gasteiger charge is -2.39. The number of hydrogen-bond acceptors (Lipinski definition) is 7. The molecule has 2 aliphatic rings. The van der Waals surface area contributed by atoms with E-state index in [2.05, 4.69) is 24.6 Å². The lowest BCUT2D eigenvalue weighted by atomic mass is 10.0. The van der Waals surface area contributed by atoms with Gasteiger partial charge < -0.3 is 20.5 Å². The maximum atomic E-state index is 12.5. The first-order chi connectivity index (χ1) is 12.5. The summed E-state index contributed by atoms with van der Waals surface area (Å²) in [5.74, 6) is 1.84. The van der Waals surface area contributed by atoms with E-state index in [1.165, 1.54) is 12.3 Å². The normalized spacial score (nSPS) is 17.5. The van der Waals surface area contributed by atoms with E-state index in [9.17, 15) is 13.9 Å². The summed E-state index contributed by atoms with van der Waals surface area (Å²) in [6.07, 6.45) is 3.58. The maximum absolute atomic E-state index is 12.5. The Bertz CT molecular complexity index is 810. The van der Waals surface area contributed by atoms with Crippen molar-refractivity contribution < 1.29 is 18.6 Å². The van der Waals surface area contributed by atoms with Crippen LogP contribution in [-0.2, 0) is 0 Å². The highest BCUT2D eigenvalue weighted by molar-refractivity contribution is 5.67. The molecule has 0 atom stereocenters. The third-order valence-electron chi connectivity index (χ3n) is 4.61. The van der Waals surface area contributed by atoms with Crippen LogP contribution >= 0.6 is 0 Å². The number of nitrogens with zero attached hydrogens (tertiary/aromatic N) is 4. The Labute approximate surface area is 148 Å². The highest BCUT2D eigenvalue weighted by Crippen LogP contribution is 2.40. The van der Waals surface area contributed by atoms with Gasteiger partial charge in [-0.1, -0.05) is 0 Å². The quantitative estimate of drug-likeness (QED) is 0.810. The van der Waals surface area contributed by atoms with Crippen molar-refractivity contribution in [3.63, 3.8) is 0 Å². The van der Waals surface area contributed by atoms with Gasteiger partial charge in [-0.3, -0.25) is 0 Å². The lowest BCUT2D eigenvalue weighted by Crippen LogP contribution is -2.48. The van der Waals surface area contributed by atoms with E-state index in [-0.39, 0.29) is 24.1 Å². The number of anilines is 2. The fourth-order valence-corrected chi connectivity index (χ4v) is 2.94. The zero-order valence-electron chi connectivity index (χ0n) is 14.0. The molecule has 0 bridgehead atoms. The van der Waals surface area contributed by atoms with Crippen LogP contribution in [0.15, 0.2) is 18.3 Å². The van der Waals surface area contributed by atoms with Gasteiger partial charge in [0.25, 0.3) is 0 Å². The first-order valence-corrected chi connectivity index (χ1v) is 8.49. The predicted molar refractivity (Wildman–Crippen MR) is 91.1 cm³/mol. The van der Waals surface area contributed by atoms with Crippen molar-refractivity contribution in [3.05, 3.63) is 24.2 Å². The Morgan fingerprint density at radius 1 is 1.27 bits per heavy atom. The van der Waals surface area contributed by atoms with E-state index < -0.39 is 6.61 Å². The Hall–Kier alpha value is -2.55. The largest absolute Gasteiger partial charge is 0.431 e. The van der Waals surface area contributed by atoms with E-state index >= 15 is 0 Å². The van der Waals surface area contributed by atoms with E-state index in [0.717, 1.165) is 37.6 Å². The molecule has 2 fully saturated rings. The molecule has 0 radical (unpaired) electrons. The number of ether oxygens (including phenoxy) is 1. The molecule has 26 heavy (non-hydrogen) atoms. The molecular weight excluding hydrogens is 344 g/mol. The highest BCUT2D eigenvalue weighted by atomic mass is 19.3. The fourth-order valence-electron chi connectivity index (χ4n) is 2.94. The molecule has 1 saturated carbocycles. The molecule has 1 aliphatic carbocycles. The minimum absolute atomic E-state index is 0.0979. The van der Waals surface area contributed by atoms with Crippen LogP contribution in [-0.4, -0.2) is 46.4 Å². The number of aliphatic hydroxyl groups excluding tert-OH is 1. The van der Waals surface area contributed by atoms with E-state index in [1.807, 2.05) is 0 Å². The van der Waals surface area contributed by atoms with Crippen LogP contribution in [0.1, 0.15) is 24.6 Å². The van der Waals surface area contributed by atoms with Gasteiger partial charge in [0.1, 0.15) is 11.6 Å². The smallest absolute Gasteiger partial charge is 0.387 e. The molecule has 7 nitrogen and oxygen atoms in total. The summed E-state index contributed by atoms with van der Waals surface area (Å²) in [6, 6.07) is 3.22. The first-order valence-electron chi connectivity index (χ1n) is 8.49. The topological polar surface area (TPSA) is 97.4 Å². The number of alkyl halides is 2. The van der Waals surface area contributed by atoms with Crippen molar-refractivity contribution in [3.8, 4) is 17.0 Å². The molecule has 4 rings (SSSR count). The van der Waals surface area contributed by atoms with Crippen LogP contribution < -0.4 is 15.4 Å². The van der Waals surface area contributed by atoms with Crippen molar-refractivity contribution >= 4 is 11.6 Å². The predicted octanol–water partition coefficient (Wildman–Crippen LogP) is 2.03. The summed E-state index contributed by atoms with van der Waals surface area (Å²) in [5.41, 5.74) is 6.74. The summed E-state index contributed by atoms with van der Waals surface area (Å²) in [6.45, 7) is -1.36. The second-order valence-corrected chi connectivity index (χ2v) is 6.68. The molecule has 2 aromatic heterocycles.